The third kappa shape index (κ3) is 9.13. The van der Waals surface area contributed by atoms with Gasteiger partial charge in [0.15, 0.2) is 0 Å². The zero-order chi connectivity index (χ0) is 31.8. The van der Waals surface area contributed by atoms with Crippen LogP contribution in [0.2, 0.25) is 0 Å². The summed E-state index contributed by atoms with van der Waals surface area (Å²) in [5.41, 5.74) is 0. The Bertz CT molecular complexity index is 1020. The van der Waals surface area contributed by atoms with Crippen LogP contribution in [0.4, 0.5) is 0 Å². The lowest BCUT2D eigenvalue weighted by Gasteiger charge is -2.31. The molecule has 12 nitrogen and oxygen atoms in total. The first-order valence-electron chi connectivity index (χ1n) is 14.7. The van der Waals surface area contributed by atoms with E-state index in [-0.39, 0.29) is 35.2 Å². The van der Waals surface area contributed by atoms with Crippen LogP contribution in [0.1, 0.15) is 47.0 Å². The lowest BCUT2D eigenvalue weighted by molar-refractivity contribution is -0.145. The Labute approximate surface area is 260 Å². The maximum Gasteiger partial charge on any atom is 0.329 e. The molecule has 4 amide bonds. The average molecular weight is 641 g/mol. The van der Waals surface area contributed by atoms with Crippen molar-refractivity contribution in [1.29, 1.82) is 0 Å². The molecule has 0 spiro atoms. The highest BCUT2D eigenvalue weighted by molar-refractivity contribution is 8.76. The summed E-state index contributed by atoms with van der Waals surface area (Å²) in [7, 11) is 4.85. The summed E-state index contributed by atoms with van der Waals surface area (Å²) in [5.74, 6) is -4.75. The van der Waals surface area contributed by atoms with E-state index < -0.39 is 71.6 Å². The topological polar surface area (TPSA) is 169 Å². The standard InChI is InChI=1S/C29H44N4O8S2/c1-14(2)9-18-24(34)32-20(28(38)40-5)12-42-43-13-21(29(39)41-6)33-25(35)19(10-15(3)4)31-27(37)23-17-8-7-16(11-17)22(23)26(36)30-18/h7-8,14-23H,9-13H2,1-6H3,(H,30,36)(H,31,37)(H,32,34)(H,33,35)/t16-,17+,18-,19-,20-,21-,22-,23+/m0/s1. The summed E-state index contributed by atoms with van der Waals surface area (Å²) in [6, 6.07) is -3.92. The van der Waals surface area contributed by atoms with Gasteiger partial charge >= 0.3 is 11.9 Å². The first-order valence-corrected chi connectivity index (χ1v) is 17.1. The van der Waals surface area contributed by atoms with E-state index in [9.17, 15) is 28.8 Å². The van der Waals surface area contributed by atoms with Crippen molar-refractivity contribution >= 4 is 57.2 Å². The molecule has 1 heterocycles. The zero-order valence-electron chi connectivity index (χ0n) is 25.5. The van der Waals surface area contributed by atoms with Gasteiger partial charge in [0.1, 0.15) is 24.2 Å². The van der Waals surface area contributed by atoms with Crippen LogP contribution in [-0.4, -0.2) is 85.5 Å². The van der Waals surface area contributed by atoms with E-state index in [1.165, 1.54) is 35.8 Å². The van der Waals surface area contributed by atoms with E-state index in [2.05, 4.69) is 21.3 Å². The molecule has 0 aromatic heterocycles. The Morgan fingerprint density at radius 1 is 0.698 bits per heavy atom. The zero-order valence-corrected chi connectivity index (χ0v) is 27.2. The molecule has 240 valence electrons. The molecule has 2 fully saturated rings. The van der Waals surface area contributed by atoms with Crippen molar-refractivity contribution in [3.05, 3.63) is 12.2 Å². The smallest absolute Gasteiger partial charge is 0.329 e. The number of hydrogen-bond donors (Lipinski definition) is 4. The first kappa shape index (κ1) is 34.7. The van der Waals surface area contributed by atoms with Gasteiger partial charge in [-0.3, -0.25) is 19.2 Å². The Balaban J connectivity index is 1.98. The van der Waals surface area contributed by atoms with Gasteiger partial charge in [0.05, 0.1) is 26.1 Å². The molecule has 4 N–H and O–H groups in total. The van der Waals surface area contributed by atoms with Crippen molar-refractivity contribution in [1.82, 2.24) is 21.3 Å². The molecule has 43 heavy (non-hydrogen) atoms. The quantitative estimate of drug-likeness (QED) is 0.188. The number of carbonyl (C=O) groups is 6. The second kappa shape index (κ2) is 15.8. The fraction of sp³-hybridized carbons (Fsp3) is 0.724. The fourth-order valence-electron chi connectivity index (χ4n) is 5.88. The molecule has 0 radical (unpaired) electrons. The van der Waals surface area contributed by atoms with Crippen LogP contribution in [-0.2, 0) is 38.2 Å². The fourth-order valence-corrected chi connectivity index (χ4v) is 8.17. The predicted octanol–water partition coefficient (Wildman–Crippen LogP) is 1.20. The number of carbonyl (C=O) groups excluding carboxylic acids is 6. The molecule has 0 aromatic rings. The Morgan fingerprint density at radius 3 is 1.40 bits per heavy atom. The van der Waals surface area contributed by atoms with E-state index in [1.807, 2.05) is 39.8 Å². The molecule has 0 aromatic carbocycles. The molecule has 3 aliphatic rings. The van der Waals surface area contributed by atoms with Gasteiger partial charge in [-0.2, -0.15) is 0 Å². The summed E-state index contributed by atoms with van der Waals surface area (Å²) < 4.78 is 9.80. The van der Waals surface area contributed by atoms with Crippen molar-refractivity contribution in [3.63, 3.8) is 0 Å². The van der Waals surface area contributed by atoms with E-state index >= 15 is 0 Å². The molecular weight excluding hydrogens is 596 g/mol. The largest absolute Gasteiger partial charge is 0.467 e. The van der Waals surface area contributed by atoms with Gasteiger partial charge in [-0.1, -0.05) is 61.4 Å². The van der Waals surface area contributed by atoms with Crippen LogP contribution in [0.25, 0.3) is 0 Å². The summed E-state index contributed by atoms with van der Waals surface area (Å²) >= 11 is 0. The summed E-state index contributed by atoms with van der Waals surface area (Å²) in [5, 5.41) is 11.2. The van der Waals surface area contributed by atoms with Crippen molar-refractivity contribution < 1.29 is 38.2 Å². The van der Waals surface area contributed by atoms with Gasteiger partial charge < -0.3 is 30.7 Å². The highest BCUT2D eigenvalue weighted by Gasteiger charge is 2.52. The van der Waals surface area contributed by atoms with Crippen LogP contribution >= 0.6 is 21.6 Å². The number of rotatable bonds is 6. The molecule has 2 aliphatic carbocycles. The molecule has 1 saturated heterocycles. The highest BCUT2D eigenvalue weighted by atomic mass is 33.1. The third-order valence-corrected chi connectivity index (χ3v) is 10.3. The van der Waals surface area contributed by atoms with Crippen molar-refractivity contribution in [3.8, 4) is 0 Å². The SMILES string of the molecule is COC(=O)[C@@H]1CSSC[C@@H](C(=O)OC)NC(=O)[C@H](CC(C)C)NC(=O)[C@H]2[C@@H](C(=O)N[C@@H](CC(C)C)C(=O)N1)[C@H]1C=C[C@@H]2C1. The van der Waals surface area contributed by atoms with Crippen LogP contribution in [0.3, 0.4) is 0 Å². The van der Waals surface area contributed by atoms with Gasteiger partial charge in [-0.05, 0) is 42.9 Å². The van der Waals surface area contributed by atoms with Gasteiger partial charge in [0.2, 0.25) is 23.6 Å². The number of fused-ring (bicyclic) bond motifs is 5. The number of nitrogens with one attached hydrogen (secondary N) is 4. The van der Waals surface area contributed by atoms with Crippen molar-refractivity contribution in [2.45, 2.75) is 71.1 Å². The molecule has 1 saturated carbocycles. The van der Waals surface area contributed by atoms with Crippen molar-refractivity contribution in [2.24, 2.45) is 35.5 Å². The molecule has 3 rings (SSSR count). The van der Waals surface area contributed by atoms with Crippen molar-refractivity contribution in [2.75, 3.05) is 25.7 Å². The Kier molecular flexibility index (Phi) is 12.8. The van der Waals surface area contributed by atoms with E-state index in [0.717, 1.165) is 0 Å². The molecular formula is C29H44N4O8S2. The normalized spacial score (nSPS) is 32.2. The van der Waals surface area contributed by atoms with Crippen LogP contribution in [0.15, 0.2) is 12.2 Å². The number of amides is 4. The summed E-state index contributed by atoms with van der Waals surface area (Å²) in [6.07, 6.45) is 5.12. The molecule has 8 atom stereocenters. The van der Waals surface area contributed by atoms with E-state index in [4.69, 9.17) is 9.47 Å². The van der Waals surface area contributed by atoms with Crippen LogP contribution < -0.4 is 21.3 Å². The number of allylic oxidation sites excluding steroid dienone is 2. The van der Waals surface area contributed by atoms with Gasteiger partial charge in [-0.15, -0.1) is 0 Å². The molecule has 1 aliphatic heterocycles. The maximum absolute atomic E-state index is 13.8. The number of ether oxygens (including phenoxy) is 2. The summed E-state index contributed by atoms with van der Waals surface area (Å²) in [4.78, 5) is 79.6. The Hall–Kier alpha value is -2.74. The van der Waals surface area contributed by atoms with E-state index in [0.29, 0.717) is 19.3 Å². The number of hydrogen-bond acceptors (Lipinski definition) is 10. The monoisotopic (exact) mass is 640 g/mol. The van der Waals surface area contributed by atoms with Gasteiger partial charge in [-0.25, -0.2) is 9.59 Å². The maximum atomic E-state index is 13.8. The lowest BCUT2D eigenvalue weighted by atomic mass is 9.81. The average Bonchev–Trinajstić information content (AvgIpc) is 3.57. The second-order valence-corrected chi connectivity index (χ2v) is 14.7. The van der Waals surface area contributed by atoms with Crippen LogP contribution in [0, 0.1) is 35.5 Å². The summed E-state index contributed by atoms with van der Waals surface area (Å²) in [6.45, 7) is 7.68. The molecule has 14 heteroatoms. The van der Waals surface area contributed by atoms with Gasteiger partial charge in [0, 0.05) is 11.5 Å². The van der Waals surface area contributed by atoms with Gasteiger partial charge in [0.25, 0.3) is 0 Å². The first-order chi connectivity index (χ1) is 20.4. The minimum absolute atomic E-state index is 0.0417. The van der Waals surface area contributed by atoms with E-state index in [1.54, 1.807) is 0 Å². The predicted molar refractivity (Wildman–Crippen MR) is 163 cm³/mol. The number of esters is 2. The Morgan fingerprint density at radius 2 is 1.07 bits per heavy atom. The number of methoxy groups -OCH3 is 2. The minimum Gasteiger partial charge on any atom is -0.467 e. The minimum atomic E-state index is -1.02. The second-order valence-electron chi connectivity index (χ2n) is 12.1. The third-order valence-electron chi connectivity index (χ3n) is 7.90. The molecule has 2 bridgehead atoms. The lowest BCUT2D eigenvalue weighted by Crippen LogP contribution is -2.57. The van der Waals surface area contributed by atoms with Crippen LogP contribution in [0.5, 0.6) is 0 Å². The molecule has 0 unspecified atom stereocenters. The highest BCUT2D eigenvalue weighted by Crippen LogP contribution is 2.48.